The summed E-state index contributed by atoms with van der Waals surface area (Å²) in [7, 11) is 9.87. The van der Waals surface area contributed by atoms with Crippen molar-refractivity contribution in [3.05, 3.63) is 0 Å². The van der Waals surface area contributed by atoms with Crippen molar-refractivity contribution in [1.29, 1.82) is 0 Å². The topological polar surface area (TPSA) is 68.3 Å². The van der Waals surface area contributed by atoms with Gasteiger partial charge in [-0.3, -0.25) is 19.2 Å². The first-order valence-corrected chi connectivity index (χ1v) is 11.8. The molecule has 0 aromatic rings. The summed E-state index contributed by atoms with van der Waals surface area (Å²) in [6, 6.07) is 0. The van der Waals surface area contributed by atoms with Crippen molar-refractivity contribution in [2.75, 3.05) is 0 Å². The van der Waals surface area contributed by atoms with Gasteiger partial charge in [-0.25, -0.2) is 0 Å². The maximum absolute atomic E-state index is 10.0. The molecular formula is C10H16Cl2O4Sn. The summed E-state index contributed by atoms with van der Waals surface area (Å²) < 4.78 is 0. The molecule has 0 aliphatic heterocycles. The van der Waals surface area contributed by atoms with Gasteiger partial charge < -0.3 is 0 Å². The SMILES string of the molecule is CC(=O)CC(C)=O.CC(=O)CC(C)=O.[Cl][Sn][Cl]. The Morgan fingerprint density at radius 2 is 0.824 bits per heavy atom. The van der Waals surface area contributed by atoms with Crippen LogP contribution in [0.4, 0.5) is 0 Å². The van der Waals surface area contributed by atoms with Crippen LogP contribution in [0.2, 0.25) is 0 Å². The zero-order valence-electron chi connectivity index (χ0n) is 10.3. The Kier molecular flexibility index (Phi) is 21.0. The molecule has 0 rings (SSSR count). The molecular weight excluding hydrogens is 374 g/mol. The van der Waals surface area contributed by atoms with Crippen LogP contribution >= 0.6 is 17.8 Å². The second-order valence-electron chi connectivity index (χ2n) is 3.23. The van der Waals surface area contributed by atoms with Gasteiger partial charge in [0.2, 0.25) is 0 Å². The van der Waals surface area contributed by atoms with E-state index >= 15 is 0 Å². The van der Waals surface area contributed by atoms with E-state index in [1.807, 2.05) is 0 Å². The van der Waals surface area contributed by atoms with Crippen LogP contribution in [0.5, 0.6) is 0 Å². The van der Waals surface area contributed by atoms with Crippen LogP contribution in [-0.2, 0) is 19.2 Å². The summed E-state index contributed by atoms with van der Waals surface area (Å²) in [6.07, 6.45) is 0.167. The Labute approximate surface area is 119 Å². The first-order valence-electron chi connectivity index (χ1n) is 4.61. The number of carbonyl (C=O) groups excluding carboxylic acids is 4. The van der Waals surface area contributed by atoms with E-state index in [0.717, 1.165) is 0 Å². The maximum atomic E-state index is 10.0. The van der Waals surface area contributed by atoms with Gasteiger partial charge in [0.25, 0.3) is 0 Å². The van der Waals surface area contributed by atoms with Crippen molar-refractivity contribution in [2.24, 2.45) is 0 Å². The summed E-state index contributed by atoms with van der Waals surface area (Å²) in [6.45, 7) is 5.62. The van der Waals surface area contributed by atoms with Crippen molar-refractivity contribution < 1.29 is 19.2 Å². The van der Waals surface area contributed by atoms with Crippen molar-refractivity contribution in [1.82, 2.24) is 0 Å². The summed E-state index contributed by atoms with van der Waals surface area (Å²) in [5, 5.41) is 0. The monoisotopic (exact) mass is 390 g/mol. The third kappa shape index (κ3) is 48.9. The molecule has 2 radical (unpaired) electrons. The molecule has 0 amide bonds. The van der Waals surface area contributed by atoms with Gasteiger partial charge in [-0.15, -0.1) is 0 Å². The molecule has 0 fully saturated rings. The van der Waals surface area contributed by atoms with Crippen molar-refractivity contribution in [3.63, 3.8) is 0 Å². The molecule has 0 saturated heterocycles. The van der Waals surface area contributed by atoms with Gasteiger partial charge in [0, 0.05) is 0 Å². The van der Waals surface area contributed by atoms with Crippen LogP contribution in [0.1, 0.15) is 40.5 Å². The normalized spacial score (nSPS) is 7.88. The van der Waals surface area contributed by atoms with E-state index < -0.39 is 18.9 Å². The van der Waals surface area contributed by atoms with Gasteiger partial charge in [0.05, 0.1) is 12.8 Å². The van der Waals surface area contributed by atoms with Crippen LogP contribution < -0.4 is 0 Å². The van der Waals surface area contributed by atoms with Crippen LogP contribution in [-0.4, -0.2) is 42.0 Å². The number of hydrogen-bond donors (Lipinski definition) is 0. The molecule has 0 bridgehead atoms. The molecule has 0 aliphatic carbocycles. The summed E-state index contributed by atoms with van der Waals surface area (Å²) in [5.41, 5.74) is 0. The third-order valence-electron chi connectivity index (χ3n) is 0.996. The first-order chi connectivity index (χ1) is 7.67. The molecule has 7 heteroatoms. The van der Waals surface area contributed by atoms with Gasteiger partial charge >= 0.3 is 36.7 Å². The zero-order valence-corrected chi connectivity index (χ0v) is 14.7. The number of halogens is 2. The third-order valence-corrected chi connectivity index (χ3v) is 0.996. The quantitative estimate of drug-likeness (QED) is 0.545. The van der Waals surface area contributed by atoms with E-state index in [2.05, 4.69) is 0 Å². The Bertz CT molecular complexity index is 217. The number of Topliss-reactive ketones (excluding diaryl/α,β-unsaturated/α-hetero) is 4. The second-order valence-corrected chi connectivity index (χ2v) is 7.47. The van der Waals surface area contributed by atoms with E-state index in [9.17, 15) is 19.2 Å². The molecule has 0 unspecified atom stereocenters. The Morgan fingerprint density at radius 3 is 0.824 bits per heavy atom. The first kappa shape index (κ1) is 22.3. The van der Waals surface area contributed by atoms with Gasteiger partial charge in [-0.1, -0.05) is 0 Å². The molecule has 0 aromatic carbocycles. The molecule has 0 aromatic heterocycles. The molecule has 0 saturated carbocycles. The van der Waals surface area contributed by atoms with Gasteiger partial charge in [-0.2, -0.15) is 0 Å². The molecule has 0 atom stereocenters. The fourth-order valence-corrected chi connectivity index (χ4v) is 0.701. The van der Waals surface area contributed by atoms with Crippen molar-refractivity contribution in [3.8, 4) is 0 Å². The van der Waals surface area contributed by atoms with E-state index in [1.54, 1.807) is 0 Å². The standard InChI is InChI=1S/2C5H8O2.2ClH.Sn/c2*1-4(6)3-5(2)7;;;/h2*3H2,1-2H3;2*1H;/q;;;;+2/p-2. The minimum atomic E-state index is -0.826. The Balaban J connectivity index is -0.000000188. The summed E-state index contributed by atoms with van der Waals surface area (Å²) in [5.74, 6) is -0.250. The van der Waals surface area contributed by atoms with E-state index in [1.165, 1.54) is 27.7 Å². The van der Waals surface area contributed by atoms with Crippen molar-refractivity contribution in [2.45, 2.75) is 40.5 Å². The molecule has 98 valence electrons. The number of carbonyl (C=O) groups is 4. The van der Waals surface area contributed by atoms with E-state index in [-0.39, 0.29) is 36.0 Å². The predicted molar refractivity (Wildman–Crippen MR) is 69.4 cm³/mol. The van der Waals surface area contributed by atoms with Crippen LogP contribution in [0.25, 0.3) is 0 Å². The molecule has 17 heavy (non-hydrogen) atoms. The van der Waals surface area contributed by atoms with E-state index in [4.69, 9.17) is 17.8 Å². The molecule has 0 spiro atoms. The average Bonchev–Trinajstić information content (AvgIpc) is 1.99. The summed E-state index contributed by atoms with van der Waals surface area (Å²) >= 11 is -0.826. The molecule has 0 heterocycles. The van der Waals surface area contributed by atoms with Crippen LogP contribution in [0.3, 0.4) is 0 Å². The number of rotatable bonds is 4. The zero-order chi connectivity index (χ0) is 14.4. The van der Waals surface area contributed by atoms with Crippen LogP contribution in [0, 0.1) is 0 Å². The molecule has 0 N–H and O–H groups in total. The number of hydrogen-bond acceptors (Lipinski definition) is 4. The minimum absolute atomic E-state index is 0.0625. The Morgan fingerprint density at radius 1 is 0.706 bits per heavy atom. The van der Waals surface area contributed by atoms with Crippen LogP contribution in [0.15, 0.2) is 0 Å². The Hall–Kier alpha value is 0.0587. The van der Waals surface area contributed by atoms with Gasteiger partial charge in [0.1, 0.15) is 23.1 Å². The van der Waals surface area contributed by atoms with Gasteiger partial charge in [-0.05, 0) is 27.7 Å². The molecule has 0 aliphatic rings. The summed E-state index contributed by atoms with van der Waals surface area (Å²) in [4.78, 5) is 40.1. The average molecular weight is 390 g/mol. The second kappa shape index (κ2) is 16.1. The van der Waals surface area contributed by atoms with Crippen molar-refractivity contribution >= 4 is 59.9 Å². The fourth-order valence-electron chi connectivity index (χ4n) is 0.701. The predicted octanol–water partition coefficient (Wildman–Crippen LogP) is 2.11. The fraction of sp³-hybridized carbons (Fsp3) is 0.600. The van der Waals surface area contributed by atoms with Gasteiger partial charge in [0.15, 0.2) is 0 Å². The number of ketones is 4. The molecule has 4 nitrogen and oxygen atoms in total. The van der Waals surface area contributed by atoms with E-state index in [0.29, 0.717) is 0 Å².